The molecule has 2 heteroatoms. The zero-order valence-corrected chi connectivity index (χ0v) is 14.8. The average molecular weight is 328 g/mol. The van der Waals surface area contributed by atoms with Crippen LogP contribution in [0.1, 0.15) is 42.5 Å². The highest BCUT2D eigenvalue weighted by atomic mass is 14.6. The van der Waals surface area contributed by atoms with Crippen LogP contribution in [0.3, 0.4) is 0 Å². The third-order valence-electron chi connectivity index (χ3n) is 5.63. The van der Waals surface area contributed by atoms with Crippen molar-refractivity contribution in [2.45, 2.75) is 31.1 Å². The van der Waals surface area contributed by atoms with Crippen LogP contribution in [0.25, 0.3) is 0 Å². The van der Waals surface area contributed by atoms with Crippen molar-refractivity contribution in [1.82, 2.24) is 0 Å². The highest BCUT2D eigenvalue weighted by Gasteiger charge is 2.49. The summed E-state index contributed by atoms with van der Waals surface area (Å²) in [4.78, 5) is 0. The summed E-state index contributed by atoms with van der Waals surface area (Å²) in [5, 5.41) is 0. The molecule has 2 nitrogen and oxygen atoms in total. The van der Waals surface area contributed by atoms with Gasteiger partial charge in [-0.3, -0.25) is 0 Å². The largest absolute Gasteiger partial charge is 0.399 e. The van der Waals surface area contributed by atoms with E-state index in [1.807, 2.05) is 24.3 Å². The first-order chi connectivity index (χ1) is 11.9. The minimum atomic E-state index is -0.179. The van der Waals surface area contributed by atoms with E-state index in [1.54, 1.807) is 0 Å². The molecule has 0 aliphatic heterocycles. The van der Waals surface area contributed by atoms with Crippen LogP contribution in [0, 0.1) is 0 Å². The van der Waals surface area contributed by atoms with Gasteiger partial charge in [0.25, 0.3) is 0 Å². The smallest absolute Gasteiger partial charge is 0.0462 e. The minimum Gasteiger partial charge on any atom is -0.399 e. The van der Waals surface area contributed by atoms with Crippen molar-refractivity contribution in [3.8, 4) is 0 Å². The normalized spacial score (nSPS) is 17.2. The summed E-state index contributed by atoms with van der Waals surface area (Å²) in [5.41, 5.74) is 18.8. The van der Waals surface area contributed by atoms with Gasteiger partial charge in [-0.25, -0.2) is 0 Å². The summed E-state index contributed by atoms with van der Waals surface area (Å²) in [6.45, 7) is 4.67. The van der Waals surface area contributed by atoms with E-state index in [9.17, 15) is 0 Å². The van der Waals surface area contributed by atoms with Crippen molar-refractivity contribution in [3.05, 3.63) is 95.1 Å². The molecule has 126 valence electrons. The third-order valence-corrected chi connectivity index (χ3v) is 5.63. The van der Waals surface area contributed by atoms with Crippen LogP contribution >= 0.6 is 0 Å². The quantitative estimate of drug-likeness (QED) is 0.660. The van der Waals surface area contributed by atoms with Crippen LogP contribution in [0.15, 0.2) is 72.8 Å². The highest BCUT2D eigenvalue weighted by Crippen LogP contribution is 2.56. The third kappa shape index (κ3) is 2.32. The fourth-order valence-electron chi connectivity index (χ4n) is 4.52. The van der Waals surface area contributed by atoms with Crippen molar-refractivity contribution >= 4 is 11.4 Å². The Balaban J connectivity index is 2.05. The molecule has 4 N–H and O–H groups in total. The minimum absolute atomic E-state index is 0.0966. The maximum Gasteiger partial charge on any atom is 0.0462 e. The van der Waals surface area contributed by atoms with E-state index in [-0.39, 0.29) is 10.8 Å². The fraction of sp³-hybridized carbons (Fsp3) is 0.217. The second kappa shape index (κ2) is 5.38. The van der Waals surface area contributed by atoms with Crippen molar-refractivity contribution < 1.29 is 0 Å². The molecule has 0 bridgehead atoms. The van der Waals surface area contributed by atoms with Crippen molar-refractivity contribution in [1.29, 1.82) is 0 Å². The molecule has 0 atom stereocenters. The van der Waals surface area contributed by atoms with Crippen molar-refractivity contribution in [3.63, 3.8) is 0 Å². The molecular weight excluding hydrogens is 304 g/mol. The van der Waals surface area contributed by atoms with Crippen molar-refractivity contribution in [2.75, 3.05) is 11.5 Å². The first kappa shape index (κ1) is 15.8. The summed E-state index contributed by atoms with van der Waals surface area (Å²) >= 11 is 0. The first-order valence-electron chi connectivity index (χ1n) is 8.75. The molecule has 3 aromatic carbocycles. The number of hydrogen-bond acceptors (Lipinski definition) is 2. The molecule has 0 unspecified atom stereocenters. The number of rotatable bonds is 2. The molecule has 0 heterocycles. The predicted molar refractivity (Wildman–Crippen MR) is 106 cm³/mol. The lowest BCUT2D eigenvalue weighted by molar-refractivity contribution is 0.444. The Morgan fingerprint density at radius 2 is 1.08 bits per heavy atom. The number of nitrogen functional groups attached to an aromatic ring is 2. The van der Waals surface area contributed by atoms with E-state index in [2.05, 4.69) is 62.4 Å². The van der Waals surface area contributed by atoms with Gasteiger partial charge in [0.05, 0.1) is 0 Å². The standard InChI is InChI=1S/C23H24N2/c1-22(2)15-23(16-7-11-18(24)12-8-16,17-9-13-19(25)14-10-17)21-6-4-3-5-20(21)22/h3-14H,15,24-25H2,1-2H3. The SMILES string of the molecule is CC1(C)CC(c2ccc(N)cc2)(c2ccc(N)cc2)c2ccccc21. The van der Waals surface area contributed by atoms with Gasteiger partial charge >= 0.3 is 0 Å². The Hall–Kier alpha value is -2.74. The van der Waals surface area contributed by atoms with Gasteiger partial charge in [0.2, 0.25) is 0 Å². The lowest BCUT2D eigenvalue weighted by Crippen LogP contribution is -2.28. The van der Waals surface area contributed by atoms with Gasteiger partial charge < -0.3 is 11.5 Å². The Morgan fingerprint density at radius 1 is 0.640 bits per heavy atom. The van der Waals surface area contributed by atoms with Gasteiger partial charge in [0.1, 0.15) is 0 Å². The molecule has 0 spiro atoms. The molecular formula is C23H24N2. The van der Waals surface area contributed by atoms with Crippen LogP contribution in [-0.4, -0.2) is 0 Å². The molecule has 0 saturated carbocycles. The van der Waals surface area contributed by atoms with Gasteiger partial charge in [-0.2, -0.15) is 0 Å². The monoisotopic (exact) mass is 328 g/mol. The molecule has 0 radical (unpaired) electrons. The summed E-state index contributed by atoms with van der Waals surface area (Å²) < 4.78 is 0. The maximum absolute atomic E-state index is 5.96. The number of benzene rings is 3. The molecule has 25 heavy (non-hydrogen) atoms. The van der Waals surface area contributed by atoms with Gasteiger partial charge in [0.15, 0.2) is 0 Å². The molecule has 4 rings (SSSR count). The maximum atomic E-state index is 5.96. The Labute approximate surface area is 149 Å². The van der Waals surface area contributed by atoms with Crippen LogP contribution in [0.4, 0.5) is 11.4 Å². The number of anilines is 2. The zero-order chi connectivity index (χ0) is 17.7. The number of fused-ring (bicyclic) bond motifs is 1. The highest BCUT2D eigenvalue weighted by molar-refractivity contribution is 5.61. The Kier molecular flexibility index (Phi) is 3.40. The van der Waals surface area contributed by atoms with Gasteiger partial charge in [-0.05, 0) is 58.4 Å². The zero-order valence-electron chi connectivity index (χ0n) is 14.8. The molecule has 0 amide bonds. The van der Waals surface area contributed by atoms with Gasteiger partial charge in [-0.15, -0.1) is 0 Å². The summed E-state index contributed by atoms with van der Waals surface area (Å²) in [5.74, 6) is 0. The second-order valence-electron chi connectivity index (χ2n) is 7.76. The van der Waals surface area contributed by atoms with Crippen LogP contribution < -0.4 is 11.5 Å². The summed E-state index contributed by atoms with van der Waals surface area (Å²) in [7, 11) is 0. The molecule has 1 aliphatic rings. The lowest BCUT2D eigenvalue weighted by atomic mass is 9.68. The van der Waals surface area contributed by atoms with E-state index < -0.39 is 0 Å². The lowest BCUT2D eigenvalue weighted by Gasteiger charge is -2.34. The Bertz CT molecular complexity index is 860. The predicted octanol–water partition coefficient (Wildman–Crippen LogP) is 4.87. The van der Waals surface area contributed by atoms with Gasteiger partial charge in [-0.1, -0.05) is 62.4 Å². The van der Waals surface area contributed by atoms with Crippen molar-refractivity contribution in [2.24, 2.45) is 0 Å². The van der Waals surface area contributed by atoms with Crippen LogP contribution in [0.5, 0.6) is 0 Å². The first-order valence-corrected chi connectivity index (χ1v) is 8.75. The topological polar surface area (TPSA) is 52.0 Å². The van der Waals surface area contributed by atoms with Gasteiger partial charge in [0, 0.05) is 16.8 Å². The molecule has 0 fully saturated rings. The fourth-order valence-corrected chi connectivity index (χ4v) is 4.52. The number of hydrogen-bond donors (Lipinski definition) is 2. The Morgan fingerprint density at radius 3 is 1.56 bits per heavy atom. The molecule has 3 aromatic rings. The van der Waals surface area contributed by atoms with E-state index in [0.717, 1.165) is 17.8 Å². The summed E-state index contributed by atoms with van der Waals surface area (Å²) in [6.07, 6.45) is 1.02. The average Bonchev–Trinajstić information content (AvgIpc) is 2.85. The van der Waals surface area contributed by atoms with E-state index in [4.69, 9.17) is 11.5 Å². The van der Waals surface area contributed by atoms with E-state index in [1.165, 1.54) is 22.3 Å². The summed E-state index contributed by atoms with van der Waals surface area (Å²) in [6, 6.07) is 25.5. The molecule has 0 saturated heterocycles. The van der Waals surface area contributed by atoms with E-state index in [0.29, 0.717) is 0 Å². The van der Waals surface area contributed by atoms with Crippen LogP contribution in [0.2, 0.25) is 0 Å². The number of nitrogens with two attached hydrogens (primary N) is 2. The van der Waals surface area contributed by atoms with E-state index >= 15 is 0 Å². The molecule has 0 aromatic heterocycles. The van der Waals surface area contributed by atoms with Crippen LogP contribution in [-0.2, 0) is 10.8 Å². The molecule has 1 aliphatic carbocycles. The second-order valence-corrected chi connectivity index (χ2v) is 7.76.